The first kappa shape index (κ1) is 31.4. The van der Waals surface area contributed by atoms with Crippen LogP contribution in [0.5, 0.6) is 23.0 Å². The molecule has 1 atom stereocenters. The van der Waals surface area contributed by atoms with Gasteiger partial charge in [-0.3, -0.25) is 9.36 Å². The number of hydrogen-bond donors (Lipinski definition) is 0. The van der Waals surface area contributed by atoms with Crippen molar-refractivity contribution in [3.8, 4) is 23.0 Å². The SMILES string of the molecule is CCOC(=O)C1=C(C)N=c2s/c(=C\c3cc(OCC)c(OCC)cc3Br)c(=O)n2[C@@H]1c1ccc(OC(C)C)c(OC)c1. The van der Waals surface area contributed by atoms with E-state index in [1.54, 1.807) is 43.7 Å². The van der Waals surface area contributed by atoms with Gasteiger partial charge in [0.1, 0.15) is 0 Å². The fraction of sp³-hybridized carbons (Fsp3) is 0.387. The van der Waals surface area contributed by atoms with Gasteiger partial charge in [0.25, 0.3) is 5.56 Å². The third-order valence-corrected chi connectivity index (χ3v) is 8.00. The topological polar surface area (TPSA) is 97.6 Å². The molecule has 0 unspecified atom stereocenters. The Kier molecular flexibility index (Phi) is 10.2. The highest BCUT2D eigenvalue weighted by Crippen LogP contribution is 2.37. The zero-order valence-electron chi connectivity index (χ0n) is 24.8. The molecule has 1 aromatic heterocycles. The van der Waals surface area contributed by atoms with E-state index in [4.69, 9.17) is 23.7 Å². The highest BCUT2D eigenvalue weighted by Gasteiger charge is 2.34. The van der Waals surface area contributed by atoms with E-state index in [2.05, 4.69) is 20.9 Å². The van der Waals surface area contributed by atoms with Gasteiger partial charge in [-0.2, -0.15) is 0 Å². The van der Waals surface area contributed by atoms with Crippen molar-refractivity contribution in [3.05, 3.63) is 76.9 Å². The quantitative estimate of drug-likeness (QED) is 0.263. The fourth-order valence-electron chi connectivity index (χ4n) is 4.65. The molecule has 224 valence electrons. The van der Waals surface area contributed by atoms with Crippen LogP contribution >= 0.6 is 27.3 Å². The monoisotopic (exact) mass is 658 g/mol. The van der Waals surface area contributed by atoms with E-state index < -0.39 is 12.0 Å². The Labute approximate surface area is 257 Å². The van der Waals surface area contributed by atoms with Crippen LogP contribution in [0.1, 0.15) is 58.7 Å². The van der Waals surface area contributed by atoms with Crippen LogP contribution in [0.25, 0.3) is 6.08 Å². The van der Waals surface area contributed by atoms with Crippen molar-refractivity contribution in [1.82, 2.24) is 4.57 Å². The normalized spacial score (nSPS) is 14.9. The molecule has 0 saturated heterocycles. The number of allylic oxidation sites excluding steroid dienone is 1. The van der Waals surface area contributed by atoms with Gasteiger partial charge >= 0.3 is 5.97 Å². The van der Waals surface area contributed by atoms with Gasteiger partial charge in [-0.15, -0.1) is 0 Å². The average molecular weight is 660 g/mol. The summed E-state index contributed by atoms with van der Waals surface area (Å²) in [5.41, 5.74) is 1.87. The maximum Gasteiger partial charge on any atom is 0.338 e. The van der Waals surface area contributed by atoms with Crippen LogP contribution in [0.15, 0.2) is 55.9 Å². The Morgan fingerprint density at radius 3 is 2.36 bits per heavy atom. The minimum Gasteiger partial charge on any atom is -0.493 e. The smallest absolute Gasteiger partial charge is 0.338 e. The number of aromatic nitrogens is 1. The molecule has 0 radical (unpaired) electrons. The van der Waals surface area contributed by atoms with Crippen molar-refractivity contribution >= 4 is 39.3 Å². The molecule has 1 aliphatic heterocycles. The molecular weight excluding hydrogens is 624 g/mol. The van der Waals surface area contributed by atoms with Crippen LogP contribution in [-0.2, 0) is 9.53 Å². The summed E-state index contributed by atoms with van der Waals surface area (Å²) < 4.78 is 31.2. The van der Waals surface area contributed by atoms with Crippen LogP contribution in [0.4, 0.5) is 0 Å². The molecule has 9 nitrogen and oxygen atoms in total. The second-order valence-corrected chi connectivity index (χ2v) is 11.4. The minimum absolute atomic E-state index is 0.0650. The zero-order chi connectivity index (χ0) is 30.6. The molecule has 2 heterocycles. The van der Waals surface area contributed by atoms with Gasteiger partial charge in [-0.25, -0.2) is 9.79 Å². The first-order chi connectivity index (χ1) is 20.1. The molecule has 0 aliphatic carbocycles. The van der Waals surface area contributed by atoms with Crippen LogP contribution in [0.2, 0.25) is 0 Å². The minimum atomic E-state index is -0.785. The van der Waals surface area contributed by atoms with Gasteiger partial charge in [0.15, 0.2) is 27.8 Å². The number of carbonyl (C=O) groups is 1. The Morgan fingerprint density at radius 1 is 1.05 bits per heavy atom. The molecule has 4 rings (SSSR count). The van der Waals surface area contributed by atoms with Crippen molar-refractivity contribution in [2.75, 3.05) is 26.9 Å². The zero-order valence-corrected chi connectivity index (χ0v) is 27.2. The van der Waals surface area contributed by atoms with Crippen LogP contribution in [0, 0.1) is 0 Å². The molecule has 3 aromatic rings. The van der Waals surface area contributed by atoms with E-state index in [0.717, 1.165) is 10.0 Å². The second kappa shape index (κ2) is 13.6. The number of esters is 1. The predicted molar refractivity (Wildman–Crippen MR) is 166 cm³/mol. The van der Waals surface area contributed by atoms with Gasteiger partial charge < -0.3 is 23.7 Å². The van der Waals surface area contributed by atoms with E-state index in [1.807, 2.05) is 45.9 Å². The highest BCUT2D eigenvalue weighted by molar-refractivity contribution is 9.10. The molecule has 0 amide bonds. The summed E-state index contributed by atoms with van der Waals surface area (Å²) in [5.74, 6) is 1.71. The molecule has 42 heavy (non-hydrogen) atoms. The van der Waals surface area contributed by atoms with E-state index in [1.165, 1.54) is 11.3 Å². The highest BCUT2D eigenvalue weighted by atomic mass is 79.9. The molecule has 11 heteroatoms. The number of rotatable bonds is 11. The third kappa shape index (κ3) is 6.42. The van der Waals surface area contributed by atoms with Gasteiger partial charge in [0, 0.05) is 4.47 Å². The average Bonchev–Trinajstić information content (AvgIpc) is 3.24. The summed E-state index contributed by atoms with van der Waals surface area (Å²) in [6.45, 7) is 12.3. The summed E-state index contributed by atoms with van der Waals surface area (Å²) in [5, 5.41) is 0. The maximum absolute atomic E-state index is 14.1. The number of ether oxygens (including phenoxy) is 5. The van der Waals surface area contributed by atoms with Crippen molar-refractivity contribution < 1.29 is 28.5 Å². The molecule has 1 aliphatic rings. The molecule has 0 bridgehead atoms. The van der Waals surface area contributed by atoms with E-state index in [9.17, 15) is 9.59 Å². The standard InChI is InChI=1S/C31H35BrN2O7S/c1-8-38-24-14-20(21(32)16-25(24)39-9-2)15-26-29(35)34-28(19-11-12-22(41-17(4)5)23(13-19)37-7)27(30(36)40-10-3)18(6)33-31(34)42-26/h11-17,28H,8-10H2,1-7H3/b26-15-/t28-/m1/s1. The van der Waals surface area contributed by atoms with Gasteiger partial charge in [0.05, 0.1) is 54.9 Å². The summed E-state index contributed by atoms with van der Waals surface area (Å²) >= 11 is 4.85. The van der Waals surface area contributed by atoms with Crippen LogP contribution in [-0.4, -0.2) is 43.6 Å². The first-order valence-electron chi connectivity index (χ1n) is 13.8. The number of benzene rings is 2. The van der Waals surface area contributed by atoms with Gasteiger partial charge in [-0.05, 0) is 83.0 Å². The number of nitrogens with zero attached hydrogens (tertiary/aromatic N) is 2. The van der Waals surface area contributed by atoms with Crippen molar-refractivity contribution in [1.29, 1.82) is 0 Å². The van der Waals surface area contributed by atoms with Crippen molar-refractivity contribution in [2.24, 2.45) is 4.99 Å². The van der Waals surface area contributed by atoms with E-state index in [0.29, 0.717) is 56.8 Å². The maximum atomic E-state index is 14.1. The van der Waals surface area contributed by atoms with Gasteiger partial charge in [-0.1, -0.05) is 33.3 Å². The Hall–Kier alpha value is -3.57. The number of thiazole rings is 1. The Bertz CT molecular complexity index is 1690. The molecule has 0 N–H and O–H groups in total. The third-order valence-electron chi connectivity index (χ3n) is 6.33. The van der Waals surface area contributed by atoms with Crippen molar-refractivity contribution in [3.63, 3.8) is 0 Å². The molecule has 2 aromatic carbocycles. The number of halogens is 1. The number of fused-ring (bicyclic) bond motifs is 1. The van der Waals surface area contributed by atoms with Crippen molar-refractivity contribution in [2.45, 2.75) is 53.7 Å². The summed E-state index contributed by atoms with van der Waals surface area (Å²) in [6.07, 6.45) is 1.72. The molecule has 0 saturated carbocycles. The van der Waals surface area contributed by atoms with Crippen LogP contribution in [0.3, 0.4) is 0 Å². The molecule has 0 spiro atoms. The van der Waals surface area contributed by atoms with E-state index in [-0.39, 0.29) is 23.8 Å². The molecular formula is C31H35BrN2O7S. The lowest BCUT2D eigenvalue weighted by atomic mass is 9.95. The lowest BCUT2D eigenvalue weighted by molar-refractivity contribution is -0.139. The molecule has 0 fully saturated rings. The number of methoxy groups -OCH3 is 1. The Balaban J connectivity index is 1.94. The number of carbonyl (C=O) groups excluding carboxylic acids is 1. The Morgan fingerprint density at radius 2 is 1.74 bits per heavy atom. The van der Waals surface area contributed by atoms with Crippen LogP contribution < -0.4 is 33.8 Å². The largest absolute Gasteiger partial charge is 0.493 e. The second-order valence-electron chi connectivity index (χ2n) is 9.57. The summed E-state index contributed by atoms with van der Waals surface area (Å²) in [4.78, 5) is 32.5. The first-order valence-corrected chi connectivity index (χ1v) is 15.4. The predicted octanol–water partition coefficient (Wildman–Crippen LogP) is 5.15. The summed E-state index contributed by atoms with van der Waals surface area (Å²) in [6, 6.07) is 8.28. The number of hydrogen-bond acceptors (Lipinski definition) is 9. The summed E-state index contributed by atoms with van der Waals surface area (Å²) in [7, 11) is 1.55. The lowest BCUT2D eigenvalue weighted by Crippen LogP contribution is -2.40. The van der Waals surface area contributed by atoms with E-state index >= 15 is 0 Å². The van der Waals surface area contributed by atoms with Gasteiger partial charge in [0.2, 0.25) is 0 Å². The lowest BCUT2D eigenvalue weighted by Gasteiger charge is -2.25. The fourth-order valence-corrected chi connectivity index (χ4v) is 6.13.